The number of rotatable bonds is 55. The first-order valence-electron chi connectivity index (χ1n) is 35.7. The second-order valence-electron chi connectivity index (χ2n) is 25.7. The summed E-state index contributed by atoms with van der Waals surface area (Å²) in [4.78, 5) is 13.4. The van der Waals surface area contributed by atoms with Gasteiger partial charge in [-0.3, -0.25) is 4.79 Å². The van der Waals surface area contributed by atoms with Crippen molar-refractivity contribution in [3.63, 3.8) is 0 Å². The van der Waals surface area contributed by atoms with E-state index in [0.717, 1.165) is 83.5 Å². The predicted molar refractivity (Wildman–Crippen MR) is 346 cm³/mol. The Morgan fingerprint density at radius 1 is 0.404 bits per heavy atom. The lowest BCUT2D eigenvalue weighted by Gasteiger charge is -2.48. The molecule has 0 aromatic rings. The Labute approximate surface area is 536 Å². The van der Waals surface area contributed by atoms with E-state index in [1.165, 1.54) is 154 Å². The topological polar surface area (TPSA) is 307 Å². The van der Waals surface area contributed by atoms with Crippen LogP contribution in [0.1, 0.15) is 271 Å². The molecule has 3 aliphatic heterocycles. The molecule has 1 amide bonds. The Balaban J connectivity index is 1.43. The molecule has 3 saturated heterocycles. The number of allylic oxidation sites excluding steroid dienone is 6. The van der Waals surface area contributed by atoms with Crippen molar-refractivity contribution in [3.05, 3.63) is 36.5 Å². The minimum atomic E-state index is -1.97. The minimum absolute atomic E-state index is 0.252. The Morgan fingerprint density at radius 3 is 1.18 bits per heavy atom. The van der Waals surface area contributed by atoms with Crippen molar-refractivity contribution in [2.75, 3.05) is 26.4 Å². The average molecular weight is 1270 g/mol. The Hall–Kier alpha value is -1.99. The van der Waals surface area contributed by atoms with E-state index in [1.807, 2.05) is 0 Å². The molecule has 0 aromatic carbocycles. The molecule has 3 heterocycles. The third-order valence-corrected chi connectivity index (χ3v) is 18.0. The molecule has 17 unspecified atom stereocenters. The number of hydrogen-bond acceptors (Lipinski definition) is 18. The highest BCUT2D eigenvalue weighted by atomic mass is 16.8. The number of unbranched alkanes of at least 4 members (excludes halogenated alkanes) is 33. The predicted octanol–water partition coefficient (Wildman–Crippen LogP) is 9.61. The van der Waals surface area contributed by atoms with Crippen LogP contribution in [-0.2, 0) is 33.2 Å². The lowest BCUT2D eigenvalue weighted by molar-refractivity contribution is -0.379. The second kappa shape index (κ2) is 52.3. The zero-order valence-corrected chi connectivity index (χ0v) is 55.2. The van der Waals surface area contributed by atoms with Crippen LogP contribution in [0.15, 0.2) is 36.5 Å². The molecule has 522 valence electrons. The Bertz CT molecular complexity index is 1760. The van der Waals surface area contributed by atoms with Crippen molar-refractivity contribution in [2.45, 2.75) is 375 Å². The van der Waals surface area contributed by atoms with Gasteiger partial charge in [0, 0.05) is 6.42 Å². The SMILES string of the molecule is CCCCC/C=C\C/C=C\C/C=C\CCCCCCCCC(=O)NC(COC1OC(CO)C(OC2OC(CO)C(OC3OC(CO)C(O)C(O)C3O)C(O)C2O)C(O)C1O)C(O)CCCCCCCCCCCCCCCCCCCCCCCCCCC. The van der Waals surface area contributed by atoms with Crippen molar-refractivity contribution in [3.8, 4) is 0 Å². The van der Waals surface area contributed by atoms with E-state index in [1.54, 1.807) is 0 Å². The molecule has 0 bridgehead atoms. The van der Waals surface area contributed by atoms with Crippen LogP contribution in [0.4, 0.5) is 0 Å². The highest BCUT2D eigenvalue weighted by Gasteiger charge is 2.53. The Morgan fingerprint density at radius 2 is 0.742 bits per heavy atom. The highest BCUT2D eigenvalue weighted by molar-refractivity contribution is 5.76. The molecule has 17 atom stereocenters. The van der Waals surface area contributed by atoms with Gasteiger partial charge in [-0.1, -0.05) is 249 Å². The first kappa shape index (κ1) is 81.2. The van der Waals surface area contributed by atoms with Gasteiger partial charge in [0.1, 0.15) is 73.2 Å². The maximum absolute atomic E-state index is 13.4. The molecule has 19 nitrogen and oxygen atoms in total. The van der Waals surface area contributed by atoms with Crippen molar-refractivity contribution in [1.29, 1.82) is 0 Å². The van der Waals surface area contributed by atoms with Gasteiger partial charge in [0.25, 0.3) is 0 Å². The van der Waals surface area contributed by atoms with Gasteiger partial charge in [-0.2, -0.15) is 0 Å². The number of carbonyl (C=O) groups excluding carboxylic acids is 1. The van der Waals surface area contributed by atoms with Gasteiger partial charge in [0.2, 0.25) is 5.91 Å². The first-order valence-corrected chi connectivity index (χ1v) is 35.7. The molecule has 3 aliphatic rings. The van der Waals surface area contributed by atoms with Gasteiger partial charge in [-0.15, -0.1) is 0 Å². The molecular weight excluding hydrogens is 1140 g/mol. The number of aliphatic hydroxyl groups is 11. The van der Waals surface area contributed by atoms with Crippen LogP contribution in [0.25, 0.3) is 0 Å². The van der Waals surface area contributed by atoms with Crippen molar-refractivity contribution >= 4 is 5.91 Å². The monoisotopic (exact) mass is 1270 g/mol. The summed E-state index contributed by atoms with van der Waals surface area (Å²) in [5.41, 5.74) is 0. The van der Waals surface area contributed by atoms with Crippen molar-refractivity contribution in [1.82, 2.24) is 5.32 Å². The van der Waals surface area contributed by atoms with E-state index in [-0.39, 0.29) is 18.9 Å². The van der Waals surface area contributed by atoms with Gasteiger partial charge in [0.15, 0.2) is 18.9 Å². The summed E-state index contributed by atoms with van der Waals surface area (Å²) in [6, 6.07) is -0.895. The summed E-state index contributed by atoms with van der Waals surface area (Å²) in [5.74, 6) is -0.253. The fourth-order valence-corrected chi connectivity index (χ4v) is 12.1. The van der Waals surface area contributed by atoms with E-state index < -0.39 is 124 Å². The van der Waals surface area contributed by atoms with Gasteiger partial charge in [-0.25, -0.2) is 0 Å². The number of aliphatic hydroxyl groups excluding tert-OH is 11. The van der Waals surface area contributed by atoms with Crippen LogP contribution < -0.4 is 5.32 Å². The summed E-state index contributed by atoms with van der Waals surface area (Å²) in [7, 11) is 0. The molecule has 12 N–H and O–H groups in total. The summed E-state index contributed by atoms with van der Waals surface area (Å²) in [6.45, 7) is 1.79. The van der Waals surface area contributed by atoms with E-state index in [0.29, 0.717) is 12.8 Å². The molecule has 3 rings (SSSR count). The van der Waals surface area contributed by atoms with Crippen LogP contribution >= 0.6 is 0 Å². The van der Waals surface area contributed by atoms with Crippen LogP contribution in [0, 0.1) is 0 Å². The largest absolute Gasteiger partial charge is 0.394 e. The van der Waals surface area contributed by atoms with E-state index in [4.69, 9.17) is 28.4 Å². The first-order chi connectivity index (χ1) is 43.3. The third kappa shape index (κ3) is 34.3. The van der Waals surface area contributed by atoms with E-state index >= 15 is 0 Å². The molecule has 0 spiro atoms. The molecule has 19 heteroatoms. The molecule has 89 heavy (non-hydrogen) atoms. The Kier molecular flexibility index (Phi) is 47.7. The van der Waals surface area contributed by atoms with Crippen molar-refractivity contribution in [2.24, 2.45) is 0 Å². The van der Waals surface area contributed by atoms with Gasteiger partial charge in [0.05, 0.1) is 38.6 Å². The van der Waals surface area contributed by atoms with Crippen molar-refractivity contribution < 1.29 is 89.4 Å². The summed E-state index contributed by atoms with van der Waals surface area (Å²) in [6.07, 6.45) is 33.6. The molecule has 3 fully saturated rings. The lowest BCUT2D eigenvalue weighted by atomic mass is 9.96. The molecular formula is C70H129NO18. The quantitative estimate of drug-likeness (QED) is 0.0199. The highest BCUT2D eigenvalue weighted by Crippen LogP contribution is 2.33. The van der Waals surface area contributed by atoms with Crippen LogP contribution in [0.3, 0.4) is 0 Å². The fourth-order valence-electron chi connectivity index (χ4n) is 12.1. The molecule has 0 saturated carbocycles. The number of nitrogens with one attached hydrogen (secondary N) is 1. The normalized spacial score (nSPS) is 28.4. The average Bonchev–Trinajstić information content (AvgIpc) is 2.46. The van der Waals surface area contributed by atoms with Gasteiger partial charge in [-0.05, 0) is 51.4 Å². The van der Waals surface area contributed by atoms with E-state index in [9.17, 15) is 61.0 Å². The third-order valence-electron chi connectivity index (χ3n) is 18.0. The minimum Gasteiger partial charge on any atom is -0.394 e. The number of hydrogen-bond donors (Lipinski definition) is 12. The zero-order chi connectivity index (χ0) is 64.7. The maximum Gasteiger partial charge on any atom is 0.220 e. The fraction of sp³-hybridized carbons (Fsp3) is 0.900. The van der Waals surface area contributed by atoms with Crippen LogP contribution in [0.2, 0.25) is 0 Å². The maximum atomic E-state index is 13.4. The molecule has 0 aromatic heterocycles. The summed E-state index contributed by atoms with van der Waals surface area (Å²) < 4.78 is 34.4. The summed E-state index contributed by atoms with van der Waals surface area (Å²) >= 11 is 0. The number of amides is 1. The van der Waals surface area contributed by atoms with Gasteiger partial charge < -0.3 is 89.9 Å². The summed E-state index contributed by atoms with van der Waals surface area (Å²) in [5, 5.41) is 121. The smallest absolute Gasteiger partial charge is 0.220 e. The van der Waals surface area contributed by atoms with Crippen LogP contribution in [0.5, 0.6) is 0 Å². The molecule has 0 radical (unpaired) electrons. The molecule has 0 aliphatic carbocycles. The standard InChI is InChI=1S/C70H129NO18/c1-3-5-7-9-11-13-15-17-19-21-23-24-25-26-27-28-30-31-33-35-37-39-41-43-45-47-54(75)53(71-58(76)48-46-44-42-40-38-36-34-32-29-22-20-18-16-14-12-10-8-6-4-2)52-84-68-64(82)61(79)66(56(50-73)86-68)89-70-65(83)62(80)67(57(51-74)87-70)88-69-63(81)60(78)59(77)55(49-72)85-69/h12,14,18,20,29,32,53-57,59-70,72-75,77-83H,3-11,13,15-17,19,21-28,30-31,33-52H2,1-2H3,(H,71,76)/b14-12-,20-18-,32-29-. The van der Waals surface area contributed by atoms with E-state index in [2.05, 4.69) is 55.6 Å². The van der Waals surface area contributed by atoms with Crippen LogP contribution in [-0.4, -0.2) is 193 Å². The van der Waals surface area contributed by atoms with Gasteiger partial charge >= 0.3 is 0 Å². The number of ether oxygens (including phenoxy) is 6. The lowest BCUT2D eigenvalue weighted by Crippen LogP contribution is -2.66. The second-order valence-corrected chi connectivity index (χ2v) is 25.7. The number of carbonyl (C=O) groups is 1. The zero-order valence-electron chi connectivity index (χ0n) is 55.2.